The maximum absolute atomic E-state index is 5.13. The molecular weight excluding hydrogens is 224 g/mol. The van der Waals surface area contributed by atoms with E-state index in [1.165, 1.54) is 5.56 Å². The van der Waals surface area contributed by atoms with Crippen LogP contribution in [-0.2, 0) is 11.2 Å². The van der Waals surface area contributed by atoms with Gasteiger partial charge in [-0.05, 0) is 31.7 Å². The summed E-state index contributed by atoms with van der Waals surface area (Å²) in [6.07, 6.45) is 7.02. The molecule has 0 atom stereocenters. The van der Waals surface area contributed by atoms with Crippen LogP contribution < -0.4 is 0 Å². The predicted molar refractivity (Wildman–Crippen MR) is 78.9 cm³/mol. The summed E-state index contributed by atoms with van der Waals surface area (Å²) in [5.41, 5.74) is 1.20. The molecule has 0 radical (unpaired) electrons. The first kappa shape index (κ1) is 19.4. The van der Waals surface area contributed by atoms with E-state index in [0.29, 0.717) is 0 Å². The Hall–Kier alpha value is -0.960. The number of nitrogens with zero attached hydrogens (tertiary/aromatic N) is 2. The van der Waals surface area contributed by atoms with Crippen LogP contribution in [0.2, 0.25) is 0 Å². The SMILES string of the molecule is CC.CCCOCCC.CCc1cnc(C)nc1. The first-order valence-electron chi connectivity index (χ1n) is 7.09. The van der Waals surface area contributed by atoms with Crippen molar-refractivity contribution in [2.24, 2.45) is 0 Å². The van der Waals surface area contributed by atoms with Gasteiger partial charge in [-0.1, -0.05) is 34.6 Å². The molecule has 0 aliphatic rings. The summed E-state index contributed by atoms with van der Waals surface area (Å²) in [7, 11) is 0. The fourth-order valence-corrected chi connectivity index (χ4v) is 0.993. The Morgan fingerprint density at radius 3 is 1.72 bits per heavy atom. The van der Waals surface area contributed by atoms with Gasteiger partial charge >= 0.3 is 0 Å². The second-order valence-corrected chi connectivity index (χ2v) is 3.60. The monoisotopic (exact) mass is 254 g/mol. The van der Waals surface area contributed by atoms with E-state index in [1.54, 1.807) is 0 Å². The van der Waals surface area contributed by atoms with Gasteiger partial charge in [-0.25, -0.2) is 9.97 Å². The lowest BCUT2D eigenvalue weighted by Crippen LogP contribution is -1.92. The zero-order valence-corrected chi connectivity index (χ0v) is 13.0. The van der Waals surface area contributed by atoms with Crippen LogP contribution in [0.15, 0.2) is 12.4 Å². The average molecular weight is 254 g/mol. The minimum atomic E-state index is 0.840. The molecule has 3 nitrogen and oxygen atoms in total. The average Bonchev–Trinajstić information content (AvgIpc) is 2.43. The van der Waals surface area contributed by atoms with Gasteiger partial charge in [0, 0.05) is 25.6 Å². The van der Waals surface area contributed by atoms with Crippen LogP contribution in [0.25, 0.3) is 0 Å². The lowest BCUT2D eigenvalue weighted by atomic mass is 10.3. The summed E-state index contributed by atoms with van der Waals surface area (Å²) in [5, 5.41) is 0. The van der Waals surface area contributed by atoms with Gasteiger partial charge in [0.15, 0.2) is 0 Å². The molecule has 0 amide bonds. The van der Waals surface area contributed by atoms with E-state index in [4.69, 9.17) is 4.74 Å². The zero-order chi connectivity index (χ0) is 14.2. The van der Waals surface area contributed by atoms with Crippen molar-refractivity contribution in [1.29, 1.82) is 0 Å². The molecule has 0 aliphatic heterocycles. The van der Waals surface area contributed by atoms with Crippen molar-refractivity contribution in [3.63, 3.8) is 0 Å². The van der Waals surface area contributed by atoms with Crippen molar-refractivity contribution in [3.05, 3.63) is 23.8 Å². The molecule has 0 saturated carbocycles. The molecule has 1 aromatic heterocycles. The molecule has 0 unspecified atom stereocenters. The van der Waals surface area contributed by atoms with Gasteiger partial charge in [0.25, 0.3) is 0 Å². The van der Waals surface area contributed by atoms with Crippen LogP contribution in [0, 0.1) is 6.92 Å². The summed E-state index contributed by atoms with van der Waals surface area (Å²) >= 11 is 0. The molecule has 0 bridgehead atoms. The molecule has 3 heteroatoms. The Balaban J connectivity index is 0. The maximum atomic E-state index is 5.13. The highest BCUT2D eigenvalue weighted by Gasteiger charge is 1.87. The minimum absolute atomic E-state index is 0.840. The van der Waals surface area contributed by atoms with Crippen LogP contribution in [0.5, 0.6) is 0 Å². The summed E-state index contributed by atoms with van der Waals surface area (Å²) in [4.78, 5) is 8.08. The van der Waals surface area contributed by atoms with E-state index < -0.39 is 0 Å². The molecule has 0 saturated heterocycles. The highest BCUT2D eigenvalue weighted by molar-refractivity contribution is 5.03. The van der Waals surface area contributed by atoms with E-state index in [0.717, 1.165) is 38.3 Å². The highest BCUT2D eigenvalue weighted by Crippen LogP contribution is 1.94. The van der Waals surface area contributed by atoms with Crippen molar-refractivity contribution in [2.75, 3.05) is 13.2 Å². The molecule has 0 N–H and O–H groups in total. The molecule has 1 rings (SSSR count). The van der Waals surface area contributed by atoms with Crippen LogP contribution in [0.1, 0.15) is 58.8 Å². The van der Waals surface area contributed by atoms with Crippen LogP contribution >= 0.6 is 0 Å². The van der Waals surface area contributed by atoms with Crippen LogP contribution in [0.4, 0.5) is 0 Å². The first-order chi connectivity index (χ1) is 8.74. The molecule has 0 aromatic carbocycles. The number of ether oxygens (including phenoxy) is 1. The first-order valence-corrected chi connectivity index (χ1v) is 7.09. The third-order valence-electron chi connectivity index (χ3n) is 1.94. The maximum Gasteiger partial charge on any atom is 0.125 e. The van der Waals surface area contributed by atoms with E-state index in [2.05, 4.69) is 30.7 Å². The van der Waals surface area contributed by atoms with Crippen molar-refractivity contribution < 1.29 is 4.74 Å². The molecule has 0 spiro atoms. The third kappa shape index (κ3) is 13.1. The van der Waals surface area contributed by atoms with Gasteiger partial charge in [0.05, 0.1) is 0 Å². The lowest BCUT2D eigenvalue weighted by molar-refractivity contribution is 0.135. The molecule has 106 valence electrons. The van der Waals surface area contributed by atoms with Crippen molar-refractivity contribution in [1.82, 2.24) is 9.97 Å². The van der Waals surface area contributed by atoms with Crippen molar-refractivity contribution in [3.8, 4) is 0 Å². The number of rotatable bonds is 5. The van der Waals surface area contributed by atoms with Gasteiger partial charge in [0.1, 0.15) is 5.82 Å². The second kappa shape index (κ2) is 16.0. The Morgan fingerprint density at radius 2 is 1.39 bits per heavy atom. The van der Waals surface area contributed by atoms with Gasteiger partial charge < -0.3 is 4.74 Å². The number of aryl methyl sites for hydroxylation is 2. The van der Waals surface area contributed by atoms with E-state index in [1.807, 2.05) is 33.2 Å². The Morgan fingerprint density at radius 1 is 0.944 bits per heavy atom. The van der Waals surface area contributed by atoms with Crippen molar-refractivity contribution in [2.45, 2.75) is 60.8 Å². The summed E-state index contributed by atoms with van der Waals surface area (Å²) in [6, 6.07) is 0. The van der Waals surface area contributed by atoms with E-state index in [-0.39, 0.29) is 0 Å². The zero-order valence-electron chi connectivity index (χ0n) is 13.0. The molecule has 0 fully saturated rings. The molecule has 18 heavy (non-hydrogen) atoms. The molecular formula is C15H30N2O. The molecule has 0 aliphatic carbocycles. The highest BCUT2D eigenvalue weighted by atomic mass is 16.5. The Bertz CT molecular complexity index is 243. The van der Waals surface area contributed by atoms with Crippen molar-refractivity contribution >= 4 is 0 Å². The summed E-state index contributed by atoms with van der Waals surface area (Å²) in [5.74, 6) is 0.840. The van der Waals surface area contributed by atoms with Gasteiger partial charge in [-0.2, -0.15) is 0 Å². The van der Waals surface area contributed by atoms with Crippen LogP contribution in [-0.4, -0.2) is 23.2 Å². The Kier molecular flexibility index (Phi) is 17.3. The minimum Gasteiger partial charge on any atom is -0.381 e. The lowest BCUT2D eigenvalue weighted by Gasteiger charge is -1.95. The largest absolute Gasteiger partial charge is 0.381 e. The number of aromatic nitrogens is 2. The van der Waals surface area contributed by atoms with Gasteiger partial charge in [-0.15, -0.1) is 0 Å². The van der Waals surface area contributed by atoms with Gasteiger partial charge in [-0.3, -0.25) is 0 Å². The van der Waals surface area contributed by atoms with E-state index >= 15 is 0 Å². The fraction of sp³-hybridized carbons (Fsp3) is 0.733. The quantitative estimate of drug-likeness (QED) is 0.739. The van der Waals surface area contributed by atoms with Crippen LogP contribution in [0.3, 0.4) is 0 Å². The fourth-order valence-electron chi connectivity index (χ4n) is 0.993. The predicted octanol–water partition coefficient (Wildman–Crippen LogP) is 4.20. The summed E-state index contributed by atoms with van der Waals surface area (Å²) < 4.78 is 5.13. The van der Waals surface area contributed by atoms with Gasteiger partial charge in [0.2, 0.25) is 0 Å². The second-order valence-electron chi connectivity index (χ2n) is 3.60. The molecule has 1 aromatic rings. The standard InChI is InChI=1S/C7H10N2.C6H14O.C2H6/c1-3-7-4-8-6(2)9-5-7;1-3-5-7-6-4-2;1-2/h4-5H,3H2,1-2H3;3-6H2,1-2H3;1-2H3. The molecule has 1 heterocycles. The summed E-state index contributed by atoms with van der Waals surface area (Å²) in [6.45, 7) is 14.1. The normalized spacial score (nSPS) is 8.78. The van der Waals surface area contributed by atoms with E-state index in [9.17, 15) is 0 Å². The topological polar surface area (TPSA) is 35.0 Å². The smallest absolute Gasteiger partial charge is 0.125 e. The Labute approximate surface area is 113 Å². The number of hydrogen-bond donors (Lipinski definition) is 0. The third-order valence-corrected chi connectivity index (χ3v) is 1.94. The number of hydrogen-bond acceptors (Lipinski definition) is 3.